The normalized spacial score (nSPS) is 23.5. The Bertz CT molecular complexity index is 257. The topological polar surface area (TPSA) is 9.23 Å². The van der Waals surface area contributed by atoms with Gasteiger partial charge in [-0.15, -0.1) is 0 Å². The highest BCUT2D eigenvalue weighted by molar-refractivity contribution is 5.27. The lowest BCUT2D eigenvalue weighted by molar-refractivity contribution is -0.0984. The van der Waals surface area contributed by atoms with Crippen molar-refractivity contribution in [2.45, 2.75) is 20.0 Å². The average Bonchev–Trinajstić information content (AvgIpc) is 1.96. The van der Waals surface area contributed by atoms with Gasteiger partial charge >= 0.3 is 6.61 Å². The van der Waals surface area contributed by atoms with Gasteiger partial charge in [-0.25, -0.2) is 8.78 Å². The minimum Gasteiger partial charge on any atom is -0.429 e. The molecule has 0 N–H and O–H groups in total. The third-order valence-electron chi connectivity index (χ3n) is 1.60. The lowest BCUT2D eigenvalue weighted by Crippen LogP contribution is -2.08. The highest BCUT2D eigenvalue weighted by Crippen LogP contribution is 2.32. The van der Waals surface area contributed by atoms with Crippen LogP contribution < -0.4 is 0 Å². The molecule has 1 aliphatic carbocycles. The van der Waals surface area contributed by atoms with Crippen LogP contribution in [-0.2, 0) is 4.74 Å². The molecule has 0 saturated heterocycles. The minimum atomic E-state index is -3.20. The van der Waals surface area contributed by atoms with E-state index in [9.17, 15) is 17.6 Å². The van der Waals surface area contributed by atoms with Crippen molar-refractivity contribution in [3.05, 3.63) is 23.5 Å². The quantitative estimate of drug-likeness (QED) is 0.615. The van der Waals surface area contributed by atoms with Crippen molar-refractivity contribution >= 4 is 0 Å². The zero-order valence-electron chi connectivity index (χ0n) is 6.86. The van der Waals surface area contributed by atoms with Crippen LogP contribution in [0.4, 0.5) is 17.6 Å². The van der Waals surface area contributed by atoms with E-state index in [1.807, 2.05) is 0 Å². The molecule has 0 fully saturated rings. The lowest BCUT2D eigenvalue weighted by Gasteiger charge is -2.16. The highest BCUT2D eigenvalue weighted by atomic mass is 19.3. The molecular weight excluding hydrogens is 188 g/mol. The summed E-state index contributed by atoms with van der Waals surface area (Å²) < 4.78 is 52.6. The van der Waals surface area contributed by atoms with Gasteiger partial charge in [0.2, 0.25) is 0 Å². The minimum absolute atomic E-state index is 0.102. The first-order valence-corrected chi connectivity index (χ1v) is 3.72. The monoisotopic (exact) mass is 196 g/mol. The Balaban J connectivity index is 2.82. The molecule has 13 heavy (non-hydrogen) atoms. The van der Waals surface area contributed by atoms with Crippen molar-refractivity contribution in [3.8, 4) is 0 Å². The number of hydrogen-bond donors (Lipinski definition) is 0. The van der Waals surface area contributed by atoms with Crippen LogP contribution in [0.25, 0.3) is 0 Å². The van der Waals surface area contributed by atoms with E-state index < -0.39 is 24.0 Å². The molecule has 0 aromatic rings. The van der Waals surface area contributed by atoms with Crippen molar-refractivity contribution < 1.29 is 22.3 Å². The summed E-state index contributed by atoms with van der Waals surface area (Å²) in [5, 5.41) is 0. The molecule has 0 spiro atoms. The Morgan fingerprint density at radius 2 is 2.08 bits per heavy atom. The smallest absolute Gasteiger partial charge is 0.387 e. The summed E-state index contributed by atoms with van der Waals surface area (Å²) in [6.45, 7) is -1.62. The van der Waals surface area contributed by atoms with Crippen LogP contribution in [0, 0.1) is 5.92 Å². The van der Waals surface area contributed by atoms with Gasteiger partial charge in [-0.05, 0) is 12.0 Å². The number of ether oxygens (including phenoxy) is 1. The third kappa shape index (κ3) is 2.47. The van der Waals surface area contributed by atoms with E-state index in [0.717, 1.165) is 6.08 Å². The van der Waals surface area contributed by atoms with Crippen LogP contribution in [-0.4, -0.2) is 6.61 Å². The van der Waals surface area contributed by atoms with E-state index in [0.29, 0.717) is 0 Å². The van der Waals surface area contributed by atoms with Crippen molar-refractivity contribution in [2.75, 3.05) is 0 Å². The van der Waals surface area contributed by atoms with Gasteiger partial charge < -0.3 is 4.74 Å². The van der Waals surface area contributed by atoms with E-state index in [2.05, 4.69) is 4.74 Å². The SMILES string of the molecule is CC1C=C(F)C(OC(F)F)=C(F)C1. The van der Waals surface area contributed by atoms with E-state index in [1.165, 1.54) is 0 Å². The number of allylic oxidation sites excluding steroid dienone is 3. The Kier molecular flexibility index (Phi) is 2.95. The van der Waals surface area contributed by atoms with E-state index in [-0.39, 0.29) is 12.3 Å². The second-order valence-corrected chi connectivity index (χ2v) is 2.81. The van der Waals surface area contributed by atoms with Gasteiger partial charge in [-0.1, -0.05) is 6.92 Å². The van der Waals surface area contributed by atoms with Crippen LogP contribution in [0.15, 0.2) is 23.5 Å². The largest absolute Gasteiger partial charge is 0.429 e. The summed E-state index contributed by atoms with van der Waals surface area (Å²) in [6, 6.07) is 0. The maximum absolute atomic E-state index is 12.8. The van der Waals surface area contributed by atoms with E-state index in [1.54, 1.807) is 6.92 Å². The summed E-state index contributed by atoms with van der Waals surface area (Å²) >= 11 is 0. The summed E-state index contributed by atoms with van der Waals surface area (Å²) in [7, 11) is 0. The van der Waals surface area contributed by atoms with Crippen molar-refractivity contribution in [1.82, 2.24) is 0 Å². The summed E-state index contributed by atoms with van der Waals surface area (Å²) in [5.74, 6) is -3.32. The molecule has 5 heteroatoms. The predicted molar refractivity (Wildman–Crippen MR) is 38.2 cm³/mol. The number of rotatable bonds is 2. The molecule has 0 aromatic heterocycles. The molecule has 0 amide bonds. The zero-order chi connectivity index (χ0) is 10.0. The van der Waals surface area contributed by atoms with E-state index >= 15 is 0 Å². The molecule has 1 rings (SSSR count). The first-order valence-electron chi connectivity index (χ1n) is 3.72. The maximum atomic E-state index is 12.8. The Hall–Kier alpha value is -1.00. The molecule has 1 aliphatic rings. The molecule has 1 atom stereocenters. The molecule has 1 nitrogen and oxygen atoms in total. The fourth-order valence-corrected chi connectivity index (χ4v) is 1.10. The van der Waals surface area contributed by atoms with Gasteiger partial charge in [0.1, 0.15) is 5.83 Å². The Morgan fingerprint density at radius 3 is 2.54 bits per heavy atom. The van der Waals surface area contributed by atoms with Crippen molar-refractivity contribution in [3.63, 3.8) is 0 Å². The molecular formula is C8H8F4O. The van der Waals surface area contributed by atoms with Gasteiger partial charge in [-0.3, -0.25) is 0 Å². The first-order chi connectivity index (χ1) is 6.00. The fourth-order valence-electron chi connectivity index (χ4n) is 1.10. The molecule has 0 heterocycles. The second-order valence-electron chi connectivity index (χ2n) is 2.81. The summed E-state index contributed by atoms with van der Waals surface area (Å²) in [6.07, 6.45) is 0.955. The fraction of sp³-hybridized carbons (Fsp3) is 0.500. The van der Waals surface area contributed by atoms with Crippen LogP contribution >= 0.6 is 0 Å². The van der Waals surface area contributed by atoms with Crippen molar-refractivity contribution in [2.24, 2.45) is 5.92 Å². The van der Waals surface area contributed by atoms with Crippen molar-refractivity contribution in [1.29, 1.82) is 0 Å². The highest BCUT2D eigenvalue weighted by Gasteiger charge is 2.24. The van der Waals surface area contributed by atoms with E-state index in [4.69, 9.17) is 0 Å². The van der Waals surface area contributed by atoms with Gasteiger partial charge in [0.05, 0.1) is 0 Å². The van der Waals surface area contributed by atoms with Crippen LogP contribution in [0.3, 0.4) is 0 Å². The molecule has 0 saturated carbocycles. The molecule has 0 radical (unpaired) electrons. The molecule has 0 aromatic carbocycles. The summed E-state index contributed by atoms with van der Waals surface area (Å²) in [5.41, 5.74) is 0. The molecule has 0 bridgehead atoms. The van der Waals surface area contributed by atoms with Gasteiger partial charge in [-0.2, -0.15) is 8.78 Å². The second kappa shape index (κ2) is 3.81. The molecule has 74 valence electrons. The number of alkyl halides is 2. The first kappa shape index (κ1) is 10.1. The molecule has 0 aliphatic heterocycles. The Labute approximate surface area is 72.7 Å². The molecule has 1 unspecified atom stereocenters. The standard InChI is InChI=1S/C8H8F4O/c1-4-2-5(9)7(6(10)3-4)13-8(11)12/h2,4,8H,3H2,1H3. The van der Waals surface area contributed by atoms with Gasteiger partial charge in [0.15, 0.2) is 11.6 Å². The Morgan fingerprint density at radius 1 is 1.46 bits per heavy atom. The summed E-state index contributed by atoms with van der Waals surface area (Å²) in [4.78, 5) is 0. The predicted octanol–water partition coefficient (Wildman–Crippen LogP) is 3.30. The maximum Gasteiger partial charge on any atom is 0.387 e. The average molecular weight is 196 g/mol. The van der Waals surface area contributed by atoms with Crippen LogP contribution in [0.1, 0.15) is 13.3 Å². The number of hydrogen-bond acceptors (Lipinski definition) is 1. The lowest BCUT2D eigenvalue weighted by atomic mass is 10.0. The zero-order valence-corrected chi connectivity index (χ0v) is 6.86. The van der Waals surface area contributed by atoms with Crippen LogP contribution in [0.2, 0.25) is 0 Å². The number of halogens is 4. The third-order valence-corrected chi connectivity index (χ3v) is 1.60. The van der Waals surface area contributed by atoms with Gasteiger partial charge in [0, 0.05) is 6.42 Å². The van der Waals surface area contributed by atoms with Crippen LogP contribution in [0.5, 0.6) is 0 Å². The van der Waals surface area contributed by atoms with Gasteiger partial charge in [0.25, 0.3) is 0 Å².